The van der Waals surface area contributed by atoms with Gasteiger partial charge in [0.15, 0.2) is 11.9 Å². The second-order valence-electron chi connectivity index (χ2n) is 5.88. The van der Waals surface area contributed by atoms with Gasteiger partial charge in [0.1, 0.15) is 11.4 Å². The molecule has 1 unspecified atom stereocenters. The first-order chi connectivity index (χ1) is 13.4. The maximum Gasteiger partial charge on any atom is 0.266 e. The van der Waals surface area contributed by atoms with Crippen molar-refractivity contribution in [1.29, 1.82) is 0 Å². The van der Waals surface area contributed by atoms with Gasteiger partial charge >= 0.3 is 0 Å². The standard InChI is InChI=1S/C19H17Cl2N3O4/c1-12(28-16-6-4-13(20)11-14(16)21)19(26)22-8-9-24-18(25)7-5-15(23-24)17-3-2-10-27-17/h2-7,10-12H,8-9H2,1H3,(H,22,26). The minimum Gasteiger partial charge on any atom is -0.479 e. The fraction of sp³-hybridized carbons (Fsp3) is 0.211. The maximum atomic E-state index is 12.2. The van der Waals surface area contributed by atoms with Gasteiger partial charge in [-0.3, -0.25) is 9.59 Å². The SMILES string of the molecule is CC(Oc1ccc(Cl)cc1Cl)C(=O)NCCn1nc(-c2ccco2)ccc1=O. The molecule has 146 valence electrons. The summed E-state index contributed by atoms with van der Waals surface area (Å²) < 4.78 is 12.1. The van der Waals surface area contributed by atoms with E-state index in [0.29, 0.717) is 27.2 Å². The van der Waals surface area contributed by atoms with Crippen LogP contribution in [0.2, 0.25) is 10.0 Å². The monoisotopic (exact) mass is 421 g/mol. The molecule has 1 N–H and O–H groups in total. The summed E-state index contributed by atoms with van der Waals surface area (Å²) in [4.78, 5) is 24.2. The molecule has 1 atom stereocenters. The van der Waals surface area contributed by atoms with Gasteiger partial charge in [0.2, 0.25) is 0 Å². The number of rotatable bonds is 7. The van der Waals surface area contributed by atoms with Crippen molar-refractivity contribution in [2.24, 2.45) is 0 Å². The van der Waals surface area contributed by atoms with Crippen molar-refractivity contribution in [2.75, 3.05) is 6.54 Å². The molecule has 1 aromatic carbocycles. The van der Waals surface area contributed by atoms with Crippen molar-refractivity contribution in [1.82, 2.24) is 15.1 Å². The Labute approximate surface area is 170 Å². The van der Waals surface area contributed by atoms with Crippen LogP contribution < -0.4 is 15.6 Å². The molecule has 0 bridgehead atoms. The van der Waals surface area contributed by atoms with Crippen molar-refractivity contribution < 1.29 is 13.9 Å². The third kappa shape index (κ3) is 4.94. The van der Waals surface area contributed by atoms with Crippen molar-refractivity contribution in [2.45, 2.75) is 19.6 Å². The summed E-state index contributed by atoms with van der Waals surface area (Å²) in [6, 6.07) is 11.2. The minimum atomic E-state index is -0.780. The molecule has 3 aromatic rings. The van der Waals surface area contributed by atoms with E-state index in [1.165, 1.54) is 23.1 Å². The Bertz CT molecular complexity index is 1020. The highest BCUT2D eigenvalue weighted by Crippen LogP contribution is 2.28. The molecule has 0 fully saturated rings. The highest BCUT2D eigenvalue weighted by Gasteiger charge is 2.16. The second-order valence-corrected chi connectivity index (χ2v) is 6.73. The molecule has 0 spiro atoms. The van der Waals surface area contributed by atoms with Gasteiger partial charge < -0.3 is 14.5 Å². The van der Waals surface area contributed by atoms with Crippen LogP contribution >= 0.6 is 23.2 Å². The van der Waals surface area contributed by atoms with E-state index in [2.05, 4.69) is 10.4 Å². The van der Waals surface area contributed by atoms with E-state index in [0.717, 1.165) is 0 Å². The van der Waals surface area contributed by atoms with Crippen molar-refractivity contribution in [3.63, 3.8) is 0 Å². The smallest absolute Gasteiger partial charge is 0.266 e. The zero-order valence-electron chi connectivity index (χ0n) is 14.9. The number of amides is 1. The first-order valence-electron chi connectivity index (χ1n) is 8.45. The number of furan rings is 1. The van der Waals surface area contributed by atoms with Gasteiger partial charge in [0.25, 0.3) is 11.5 Å². The Morgan fingerprint density at radius 2 is 2.11 bits per heavy atom. The fourth-order valence-corrected chi connectivity index (χ4v) is 2.86. The number of halogens is 2. The quantitative estimate of drug-likeness (QED) is 0.631. The van der Waals surface area contributed by atoms with E-state index in [4.69, 9.17) is 32.4 Å². The summed E-state index contributed by atoms with van der Waals surface area (Å²) in [5, 5.41) is 7.74. The zero-order valence-corrected chi connectivity index (χ0v) is 16.4. The molecule has 1 amide bonds. The summed E-state index contributed by atoms with van der Waals surface area (Å²) in [7, 11) is 0. The van der Waals surface area contributed by atoms with Crippen LogP contribution in [0, 0.1) is 0 Å². The summed E-state index contributed by atoms with van der Waals surface area (Å²) in [6.45, 7) is 2.01. The van der Waals surface area contributed by atoms with Gasteiger partial charge in [0.05, 0.1) is 17.8 Å². The van der Waals surface area contributed by atoms with Gasteiger partial charge in [-0.05, 0) is 43.3 Å². The van der Waals surface area contributed by atoms with Crippen molar-refractivity contribution in [3.8, 4) is 17.2 Å². The first-order valence-corrected chi connectivity index (χ1v) is 9.21. The number of ether oxygens (including phenoxy) is 1. The molecule has 9 heteroatoms. The fourth-order valence-electron chi connectivity index (χ4n) is 2.41. The molecule has 0 saturated heterocycles. The predicted octanol–water partition coefficient (Wildman–Crippen LogP) is 3.39. The van der Waals surface area contributed by atoms with Crippen LogP contribution in [0.15, 0.2) is 57.9 Å². The summed E-state index contributed by atoms with van der Waals surface area (Å²) >= 11 is 11.9. The van der Waals surface area contributed by atoms with E-state index < -0.39 is 6.10 Å². The lowest BCUT2D eigenvalue weighted by atomic mass is 10.3. The van der Waals surface area contributed by atoms with Crippen LogP contribution in [0.4, 0.5) is 0 Å². The molecule has 2 heterocycles. The number of carbonyl (C=O) groups excluding carboxylic acids is 1. The lowest BCUT2D eigenvalue weighted by Gasteiger charge is -2.16. The summed E-state index contributed by atoms with van der Waals surface area (Å²) in [5.41, 5.74) is 0.256. The molecule has 7 nitrogen and oxygen atoms in total. The summed E-state index contributed by atoms with van der Waals surface area (Å²) in [6.07, 6.45) is 0.749. The third-order valence-corrected chi connectivity index (χ3v) is 4.36. The Kier molecular flexibility index (Phi) is 6.38. The van der Waals surface area contributed by atoms with Gasteiger partial charge in [0, 0.05) is 17.6 Å². The third-order valence-electron chi connectivity index (χ3n) is 3.83. The number of nitrogens with one attached hydrogen (secondary N) is 1. The Morgan fingerprint density at radius 1 is 1.29 bits per heavy atom. The van der Waals surface area contributed by atoms with Crippen LogP contribution in [-0.2, 0) is 11.3 Å². The first kappa shape index (κ1) is 20.0. The van der Waals surface area contributed by atoms with Crippen molar-refractivity contribution in [3.05, 3.63) is 69.1 Å². The molecule has 28 heavy (non-hydrogen) atoms. The Balaban J connectivity index is 1.56. The van der Waals surface area contributed by atoms with Crippen LogP contribution in [-0.4, -0.2) is 28.3 Å². The van der Waals surface area contributed by atoms with Crippen LogP contribution in [0.3, 0.4) is 0 Å². The molecule has 2 aromatic heterocycles. The van der Waals surface area contributed by atoms with Gasteiger partial charge in [-0.25, -0.2) is 4.68 Å². The lowest BCUT2D eigenvalue weighted by Crippen LogP contribution is -2.39. The maximum absolute atomic E-state index is 12.2. The number of aromatic nitrogens is 2. The molecule has 0 aliphatic heterocycles. The largest absolute Gasteiger partial charge is 0.479 e. The van der Waals surface area contributed by atoms with Crippen LogP contribution in [0.5, 0.6) is 5.75 Å². The number of hydrogen-bond acceptors (Lipinski definition) is 5. The van der Waals surface area contributed by atoms with E-state index in [1.54, 1.807) is 37.3 Å². The molecule has 0 aliphatic carbocycles. The highest BCUT2D eigenvalue weighted by atomic mass is 35.5. The zero-order chi connectivity index (χ0) is 20.1. The average molecular weight is 422 g/mol. The Hall–Kier alpha value is -2.77. The minimum absolute atomic E-state index is 0.202. The van der Waals surface area contributed by atoms with Crippen molar-refractivity contribution >= 4 is 29.1 Å². The van der Waals surface area contributed by atoms with E-state index >= 15 is 0 Å². The molecular formula is C19H17Cl2N3O4. The lowest BCUT2D eigenvalue weighted by molar-refractivity contribution is -0.127. The van der Waals surface area contributed by atoms with Crippen LogP contribution in [0.1, 0.15) is 6.92 Å². The van der Waals surface area contributed by atoms with Crippen LogP contribution in [0.25, 0.3) is 11.5 Å². The molecule has 0 radical (unpaired) electrons. The van der Waals surface area contributed by atoms with Gasteiger partial charge in [-0.15, -0.1) is 0 Å². The van der Waals surface area contributed by atoms with E-state index in [1.807, 2.05) is 0 Å². The normalized spacial score (nSPS) is 11.8. The molecular weight excluding hydrogens is 405 g/mol. The summed E-state index contributed by atoms with van der Waals surface area (Å²) in [5.74, 6) is 0.568. The second kappa shape index (κ2) is 8.95. The van der Waals surface area contributed by atoms with E-state index in [-0.39, 0.29) is 24.6 Å². The Morgan fingerprint density at radius 3 is 2.82 bits per heavy atom. The number of benzene rings is 1. The topological polar surface area (TPSA) is 86.4 Å². The van der Waals surface area contributed by atoms with E-state index in [9.17, 15) is 9.59 Å². The number of carbonyl (C=O) groups is 1. The molecule has 0 aliphatic rings. The average Bonchev–Trinajstić information content (AvgIpc) is 3.20. The molecule has 0 saturated carbocycles. The van der Waals surface area contributed by atoms with Gasteiger partial charge in [-0.1, -0.05) is 23.2 Å². The number of nitrogens with zero attached hydrogens (tertiary/aromatic N) is 2. The predicted molar refractivity (Wildman–Crippen MR) is 106 cm³/mol. The number of hydrogen-bond donors (Lipinski definition) is 1. The highest BCUT2D eigenvalue weighted by molar-refractivity contribution is 6.35. The van der Waals surface area contributed by atoms with Gasteiger partial charge in [-0.2, -0.15) is 5.10 Å². The molecule has 3 rings (SSSR count).